The van der Waals surface area contributed by atoms with Gasteiger partial charge in [0, 0.05) is 12.5 Å². The highest BCUT2D eigenvalue weighted by Crippen LogP contribution is 2.31. The third-order valence-corrected chi connectivity index (χ3v) is 6.17. The molecule has 0 aliphatic carbocycles. The van der Waals surface area contributed by atoms with Gasteiger partial charge in [-0.2, -0.15) is 0 Å². The van der Waals surface area contributed by atoms with E-state index in [9.17, 15) is 9.59 Å². The molecular formula is C19H25N5O4S. The zero-order chi connectivity index (χ0) is 20.1. The van der Waals surface area contributed by atoms with Crippen molar-refractivity contribution >= 4 is 28.3 Å². The first-order chi connectivity index (χ1) is 14.2. The first kappa shape index (κ1) is 20.0. The number of nitrogens with one attached hydrogen (secondary N) is 2. The van der Waals surface area contributed by atoms with Crippen LogP contribution < -0.4 is 10.6 Å². The van der Waals surface area contributed by atoms with E-state index >= 15 is 0 Å². The maximum atomic E-state index is 12.3. The van der Waals surface area contributed by atoms with Crippen LogP contribution in [0.5, 0.6) is 0 Å². The van der Waals surface area contributed by atoms with Crippen molar-refractivity contribution in [2.24, 2.45) is 5.92 Å². The summed E-state index contributed by atoms with van der Waals surface area (Å²) >= 11 is 1.37. The topological polar surface area (TPSA) is 110 Å². The number of rotatable bonds is 7. The Labute approximate surface area is 172 Å². The van der Waals surface area contributed by atoms with Crippen molar-refractivity contribution in [1.29, 1.82) is 0 Å². The van der Waals surface area contributed by atoms with E-state index in [1.807, 2.05) is 6.07 Å². The quantitative estimate of drug-likeness (QED) is 0.706. The lowest BCUT2D eigenvalue weighted by Gasteiger charge is -2.30. The number of carbonyl (C=O) groups excluding carboxylic acids is 2. The number of carbonyl (C=O) groups is 2. The van der Waals surface area contributed by atoms with Gasteiger partial charge in [-0.25, -0.2) is 0 Å². The van der Waals surface area contributed by atoms with Gasteiger partial charge in [-0.15, -0.1) is 10.2 Å². The Hall–Kier alpha value is -2.30. The summed E-state index contributed by atoms with van der Waals surface area (Å²) in [7, 11) is 0. The first-order valence-electron chi connectivity index (χ1n) is 9.94. The summed E-state index contributed by atoms with van der Waals surface area (Å²) in [5.41, 5.74) is 0. The fourth-order valence-corrected chi connectivity index (χ4v) is 4.48. The van der Waals surface area contributed by atoms with Crippen LogP contribution in [-0.2, 0) is 20.9 Å². The van der Waals surface area contributed by atoms with Gasteiger partial charge >= 0.3 is 0 Å². The van der Waals surface area contributed by atoms with Crippen molar-refractivity contribution in [1.82, 2.24) is 20.4 Å². The highest BCUT2D eigenvalue weighted by atomic mass is 32.1. The summed E-state index contributed by atoms with van der Waals surface area (Å²) in [4.78, 5) is 26.7. The second kappa shape index (κ2) is 9.47. The largest absolute Gasteiger partial charge is 0.467 e. The number of piperidine rings is 1. The zero-order valence-corrected chi connectivity index (χ0v) is 17.0. The SMILES string of the molecule is O=C(CN1CCC(C(=O)NCc2ccco2)CC1)Nc1nnc(C2CCCO2)s1. The van der Waals surface area contributed by atoms with Crippen molar-refractivity contribution < 1.29 is 18.7 Å². The normalized spacial score (nSPS) is 20.6. The molecule has 0 spiro atoms. The van der Waals surface area contributed by atoms with Crippen molar-refractivity contribution in [3.8, 4) is 0 Å². The summed E-state index contributed by atoms with van der Waals surface area (Å²) in [6.45, 7) is 2.87. The molecular weight excluding hydrogens is 394 g/mol. The van der Waals surface area contributed by atoms with Gasteiger partial charge in [-0.1, -0.05) is 11.3 Å². The molecule has 10 heteroatoms. The molecule has 2 aliphatic heterocycles. The van der Waals surface area contributed by atoms with Crippen molar-refractivity contribution in [2.75, 3.05) is 31.6 Å². The molecule has 1 unspecified atom stereocenters. The lowest BCUT2D eigenvalue weighted by Crippen LogP contribution is -2.43. The highest BCUT2D eigenvalue weighted by molar-refractivity contribution is 7.15. The van der Waals surface area contributed by atoms with E-state index in [2.05, 4.69) is 25.7 Å². The predicted octanol–water partition coefficient (Wildman–Crippen LogP) is 1.95. The van der Waals surface area contributed by atoms with Crippen molar-refractivity contribution in [3.05, 3.63) is 29.2 Å². The molecule has 4 heterocycles. The smallest absolute Gasteiger partial charge is 0.240 e. The number of furan rings is 1. The fourth-order valence-electron chi connectivity index (χ4n) is 3.63. The van der Waals surface area contributed by atoms with E-state index in [4.69, 9.17) is 9.15 Å². The van der Waals surface area contributed by atoms with Gasteiger partial charge in [0.15, 0.2) is 0 Å². The molecule has 0 aromatic carbocycles. The summed E-state index contributed by atoms with van der Waals surface area (Å²) in [6, 6.07) is 3.64. The molecule has 0 bridgehead atoms. The highest BCUT2D eigenvalue weighted by Gasteiger charge is 2.26. The van der Waals surface area contributed by atoms with Crippen LogP contribution in [0.2, 0.25) is 0 Å². The summed E-state index contributed by atoms with van der Waals surface area (Å²) in [5, 5.41) is 15.2. The Kier molecular flexibility index (Phi) is 6.53. The minimum Gasteiger partial charge on any atom is -0.467 e. The van der Waals surface area contributed by atoms with Crippen molar-refractivity contribution in [3.63, 3.8) is 0 Å². The lowest BCUT2D eigenvalue weighted by molar-refractivity contribution is -0.126. The van der Waals surface area contributed by atoms with Gasteiger partial charge < -0.3 is 14.5 Å². The number of likely N-dealkylation sites (tertiary alicyclic amines) is 1. The molecule has 0 saturated carbocycles. The Bertz CT molecular complexity index is 810. The number of anilines is 1. The molecule has 2 N–H and O–H groups in total. The summed E-state index contributed by atoms with van der Waals surface area (Å²) in [5.74, 6) is 0.648. The number of hydrogen-bond acceptors (Lipinski definition) is 8. The van der Waals surface area contributed by atoms with Crippen LogP contribution in [0.15, 0.2) is 22.8 Å². The molecule has 2 saturated heterocycles. The second-order valence-electron chi connectivity index (χ2n) is 7.34. The van der Waals surface area contributed by atoms with Crippen LogP contribution >= 0.6 is 11.3 Å². The van der Waals surface area contributed by atoms with Crippen LogP contribution in [0, 0.1) is 5.92 Å². The third-order valence-electron chi connectivity index (χ3n) is 5.23. The molecule has 2 aliphatic rings. The van der Waals surface area contributed by atoms with E-state index in [1.54, 1.807) is 12.3 Å². The number of amides is 2. The number of ether oxygens (including phenoxy) is 1. The van der Waals surface area contributed by atoms with Crippen LogP contribution in [0.1, 0.15) is 42.6 Å². The monoisotopic (exact) mass is 419 g/mol. The summed E-state index contributed by atoms with van der Waals surface area (Å²) in [6.07, 6.45) is 5.06. The standard InChI is InChI=1S/C19H25N5O4S/c25-16(21-19-23-22-18(29-19)15-4-2-10-28-15)12-24-7-5-13(6-8-24)17(26)20-11-14-3-1-9-27-14/h1,3,9,13,15H,2,4-8,10-12H2,(H,20,26)(H,21,23,25). The molecule has 2 fully saturated rings. The Morgan fingerprint density at radius 2 is 2.10 bits per heavy atom. The molecule has 2 amide bonds. The van der Waals surface area contributed by atoms with Gasteiger partial charge in [0.1, 0.15) is 16.9 Å². The first-order valence-corrected chi connectivity index (χ1v) is 10.8. The van der Waals surface area contributed by atoms with Crippen LogP contribution in [0.25, 0.3) is 0 Å². The number of hydrogen-bond donors (Lipinski definition) is 2. The number of aromatic nitrogens is 2. The third kappa shape index (κ3) is 5.40. The number of nitrogens with zero attached hydrogens (tertiary/aromatic N) is 3. The predicted molar refractivity (Wildman–Crippen MR) is 106 cm³/mol. The van der Waals surface area contributed by atoms with Gasteiger partial charge in [-0.3, -0.25) is 19.8 Å². The Balaban J connectivity index is 1.17. The minimum atomic E-state index is -0.110. The van der Waals surface area contributed by atoms with E-state index in [1.165, 1.54) is 11.3 Å². The van der Waals surface area contributed by atoms with E-state index < -0.39 is 0 Å². The average molecular weight is 420 g/mol. The maximum absolute atomic E-state index is 12.3. The molecule has 1 atom stereocenters. The fraction of sp³-hybridized carbons (Fsp3) is 0.579. The maximum Gasteiger partial charge on any atom is 0.240 e. The molecule has 9 nitrogen and oxygen atoms in total. The van der Waals surface area contributed by atoms with Gasteiger partial charge in [0.2, 0.25) is 16.9 Å². The molecule has 2 aromatic rings. The van der Waals surface area contributed by atoms with Crippen LogP contribution in [-0.4, -0.2) is 53.2 Å². The van der Waals surface area contributed by atoms with Gasteiger partial charge in [0.25, 0.3) is 0 Å². The second-order valence-corrected chi connectivity index (χ2v) is 8.35. The van der Waals surface area contributed by atoms with Crippen LogP contribution in [0.3, 0.4) is 0 Å². The van der Waals surface area contributed by atoms with Crippen LogP contribution in [0.4, 0.5) is 5.13 Å². The van der Waals surface area contributed by atoms with E-state index in [0.717, 1.165) is 43.1 Å². The zero-order valence-electron chi connectivity index (χ0n) is 16.1. The lowest BCUT2D eigenvalue weighted by atomic mass is 9.96. The Morgan fingerprint density at radius 3 is 2.83 bits per heavy atom. The molecule has 156 valence electrons. The van der Waals surface area contributed by atoms with E-state index in [-0.39, 0.29) is 30.4 Å². The Morgan fingerprint density at radius 1 is 1.24 bits per heavy atom. The van der Waals surface area contributed by atoms with Crippen molar-refractivity contribution in [2.45, 2.75) is 38.3 Å². The summed E-state index contributed by atoms with van der Waals surface area (Å²) < 4.78 is 10.8. The molecule has 4 rings (SSSR count). The molecule has 2 aromatic heterocycles. The molecule has 0 radical (unpaired) electrons. The van der Waals surface area contributed by atoms with Gasteiger partial charge in [-0.05, 0) is 50.9 Å². The van der Waals surface area contributed by atoms with Gasteiger partial charge in [0.05, 0.1) is 19.4 Å². The average Bonchev–Trinajstić information content (AvgIpc) is 3.48. The molecule has 29 heavy (non-hydrogen) atoms. The minimum absolute atomic E-state index is 0.0103. The van der Waals surface area contributed by atoms with E-state index in [0.29, 0.717) is 24.8 Å².